The van der Waals surface area contributed by atoms with Gasteiger partial charge in [0, 0.05) is 5.56 Å². The minimum absolute atomic E-state index is 0.0299. The molecule has 3 heteroatoms. The second-order valence-electron chi connectivity index (χ2n) is 5.70. The van der Waals surface area contributed by atoms with Gasteiger partial charge in [0.05, 0.1) is 12.2 Å². The lowest BCUT2D eigenvalue weighted by Gasteiger charge is -2.17. The SMILES string of the molecule is CCCC(CC)OC(=O)c1ccccc1-c1ccccc1OCC. The first-order valence-corrected chi connectivity index (χ1v) is 8.73. The third-order valence-electron chi connectivity index (χ3n) is 3.96. The van der Waals surface area contributed by atoms with Gasteiger partial charge in [-0.1, -0.05) is 56.7 Å². The van der Waals surface area contributed by atoms with Crippen LogP contribution in [-0.2, 0) is 4.74 Å². The lowest BCUT2D eigenvalue weighted by Crippen LogP contribution is -2.18. The van der Waals surface area contributed by atoms with Crippen molar-refractivity contribution >= 4 is 5.97 Å². The van der Waals surface area contributed by atoms with Gasteiger partial charge in [-0.25, -0.2) is 4.79 Å². The number of carbonyl (C=O) groups excluding carboxylic acids is 1. The van der Waals surface area contributed by atoms with Crippen molar-refractivity contribution < 1.29 is 14.3 Å². The normalized spacial score (nSPS) is 11.8. The highest BCUT2D eigenvalue weighted by Crippen LogP contribution is 2.33. The van der Waals surface area contributed by atoms with Crippen LogP contribution in [0, 0.1) is 0 Å². The fourth-order valence-corrected chi connectivity index (χ4v) is 2.75. The van der Waals surface area contributed by atoms with Crippen molar-refractivity contribution in [2.24, 2.45) is 0 Å². The fraction of sp³-hybridized carbons (Fsp3) is 0.381. The van der Waals surface area contributed by atoms with Crippen LogP contribution in [0.4, 0.5) is 0 Å². The van der Waals surface area contributed by atoms with Gasteiger partial charge in [-0.15, -0.1) is 0 Å². The molecule has 2 rings (SSSR count). The van der Waals surface area contributed by atoms with Crippen molar-refractivity contribution in [1.82, 2.24) is 0 Å². The molecule has 0 N–H and O–H groups in total. The Hall–Kier alpha value is -2.29. The maximum Gasteiger partial charge on any atom is 0.339 e. The molecule has 2 aromatic rings. The summed E-state index contributed by atoms with van der Waals surface area (Å²) in [6, 6.07) is 15.3. The number of benzene rings is 2. The maximum absolute atomic E-state index is 12.7. The Bertz CT molecular complexity index is 664. The van der Waals surface area contributed by atoms with Gasteiger partial charge in [-0.2, -0.15) is 0 Å². The van der Waals surface area contributed by atoms with E-state index in [0.29, 0.717) is 12.2 Å². The van der Waals surface area contributed by atoms with Crippen molar-refractivity contribution in [1.29, 1.82) is 0 Å². The zero-order valence-corrected chi connectivity index (χ0v) is 14.7. The third kappa shape index (κ3) is 4.38. The van der Waals surface area contributed by atoms with Gasteiger partial charge in [0.25, 0.3) is 0 Å². The first-order valence-electron chi connectivity index (χ1n) is 8.73. The van der Waals surface area contributed by atoms with Crippen molar-refractivity contribution in [3.63, 3.8) is 0 Å². The van der Waals surface area contributed by atoms with Crippen LogP contribution in [-0.4, -0.2) is 18.7 Å². The van der Waals surface area contributed by atoms with E-state index in [1.165, 1.54) is 0 Å². The Morgan fingerprint density at radius 1 is 0.958 bits per heavy atom. The smallest absolute Gasteiger partial charge is 0.339 e. The standard InChI is InChI=1S/C21H26O3/c1-4-11-16(5-2)24-21(22)19-14-8-7-12-17(19)18-13-9-10-15-20(18)23-6-3/h7-10,12-16H,4-6,11H2,1-3H3. The van der Waals surface area contributed by atoms with Crippen LogP contribution in [0.5, 0.6) is 5.75 Å². The van der Waals surface area contributed by atoms with Gasteiger partial charge in [-0.05, 0) is 37.5 Å². The highest BCUT2D eigenvalue weighted by atomic mass is 16.5. The lowest BCUT2D eigenvalue weighted by molar-refractivity contribution is 0.0272. The number of ether oxygens (including phenoxy) is 2. The summed E-state index contributed by atoms with van der Waals surface area (Å²) < 4.78 is 11.4. The van der Waals surface area contributed by atoms with Crippen LogP contribution in [0.25, 0.3) is 11.1 Å². The van der Waals surface area contributed by atoms with Crippen molar-refractivity contribution in [3.8, 4) is 16.9 Å². The summed E-state index contributed by atoms with van der Waals surface area (Å²) in [5.41, 5.74) is 2.34. The second kappa shape index (κ2) is 9.11. The molecule has 0 bridgehead atoms. The van der Waals surface area contributed by atoms with Crippen LogP contribution in [0.2, 0.25) is 0 Å². The topological polar surface area (TPSA) is 35.5 Å². The average molecular weight is 326 g/mol. The molecule has 0 saturated heterocycles. The molecule has 128 valence electrons. The Morgan fingerprint density at radius 3 is 2.29 bits per heavy atom. The van der Waals surface area contributed by atoms with E-state index in [1.54, 1.807) is 0 Å². The molecular weight excluding hydrogens is 300 g/mol. The van der Waals surface area contributed by atoms with E-state index in [-0.39, 0.29) is 12.1 Å². The zero-order chi connectivity index (χ0) is 17.4. The number of carbonyl (C=O) groups is 1. The van der Waals surface area contributed by atoms with Gasteiger partial charge < -0.3 is 9.47 Å². The number of para-hydroxylation sites is 1. The number of rotatable bonds is 8. The highest BCUT2D eigenvalue weighted by Gasteiger charge is 2.19. The van der Waals surface area contributed by atoms with Gasteiger partial charge >= 0.3 is 5.97 Å². The number of esters is 1. The average Bonchev–Trinajstić information content (AvgIpc) is 2.62. The number of hydrogen-bond donors (Lipinski definition) is 0. The molecule has 0 fully saturated rings. The monoisotopic (exact) mass is 326 g/mol. The van der Waals surface area contributed by atoms with Gasteiger partial charge in [0.15, 0.2) is 0 Å². The second-order valence-corrected chi connectivity index (χ2v) is 5.70. The van der Waals surface area contributed by atoms with Crippen LogP contribution in [0.1, 0.15) is 50.4 Å². The molecule has 3 nitrogen and oxygen atoms in total. The van der Waals surface area contributed by atoms with Crippen LogP contribution in [0.3, 0.4) is 0 Å². The largest absolute Gasteiger partial charge is 0.493 e. The van der Waals surface area contributed by atoms with Gasteiger partial charge in [0.1, 0.15) is 11.9 Å². The van der Waals surface area contributed by atoms with Crippen molar-refractivity contribution in [2.75, 3.05) is 6.61 Å². The van der Waals surface area contributed by atoms with Crippen molar-refractivity contribution in [3.05, 3.63) is 54.1 Å². The predicted molar refractivity (Wildman–Crippen MR) is 97.4 cm³/mol. The molecule has 2 aromatic carbocycles. The molecule has 0 saturated carbocycles. The summed E-state index contributed by atoms with van der Waals surface area (Å²) in [6.07, 6.45) is 2.69. The molecule has 0 aliphatic heterocycles. The molecule has 1 atom stereocenters. The Kier molecular flexibility index (Phi) is 6.86. The first-order chi connectivity index (χ1) is 11.7. The van der Waals surface area contributed by atoms with Crippen LogP contribution >= 0.6 is 0 Å². The van der Waals surface area contributed by atoms with E-state index in [2.05, 4.69) is 6.92 Å². The summed E-state index contributed by atoms with van der Waals surface area (Å²) in [5.74, 6) is 0.512. The molecule has 0 heterocycles. The van der Waals surface area contributed by atoms with Crippen LogP contribution in [0.15, 0.2) is 48.5 Å². The molecular formula is C21H26O3. The van der Waals surface area contributed by atoms with E-state index in [1.807, 2.05) is 62.4 Å². The minimum atomic E-state index is -0.266. The van der Waals surface area contributed by atoms with Gasteiger partial charge in [0.2, 0.25) is 0 Å². The Labute approximate surface area is 144 Å². The molecule has 24 heavy (non-hydrogen) atoms. The summed E-state index contributed by atoms with van der Waals surface area (Å²) in [4.78, 5) is 12.7. The van der Waals surface area contributed by atoms with Gasteiger partial charge in [-0.3, -0.25) is 0 Å². The Balaban J connectivity index is 2.36. The Morgan fingerprint density at radius 2 is 1.62 bits per heavy atom. The quantitative estimate of drug-likeness (QED) is 0.602. The van der Waals surface area contributed by atoms with Crippen LogP contribution < -0.4 is 4.74 Å². The summed E-state index contributed by atoms with van der Waals surface area (Å²) in [7, 11) is 0. The molecule has 1 unspecified atom stereocenters. The predicted octanol–water partition coefficient (Wildman–Crippen LogP) is 5.49. The van der Waals surface area contributed by atoms with E-state index in [9.17, 15) is 4.79 Å². The molecule has 0 radical (unpaired) electrons. The molecule has 0 amide bonds. The van der Waals surface area contributed by atoms with Crippen molar-refractivity contribution in [2.45, 2.75) is 46.1 Å². The maximum atomic E-state index is 12.7. The summed E-state index contributed by atoms with van der Waals surface area (Å²) in [5, 5.41) is 0. The van der Waals surface area contributed by atoms with E-state index in [4.69, 9.17) is 9.47 Å². The van der Waals surface area contributed by atoms with E-state index < -0.39 is 0 Å². The fourth-order valence-electron chi connectivity index (χ4n) is 2.75. The number of hydrogen-bond acceptors (Lipinski definition) is 3. The third-order valence-corrected chi connectivity index (χ3v) is 3.96. The lowest BCUT2D eigenvalue weighted by atomic mass is 9.99. The highest BCUT2D eigenvalue weighted by molar-refractivity contribution is 5.98. The first kappa shape index (κ1) is 18.1. The zero-order valence-electron chi connectivity index (χ0n) is 14.7. The minimum Gasteiger partial charge on any atom is -0.493 e. The molecule has 0 aromatic heterocycles. The van der Waals surface area contributed by atoms with E-state index >= 15 is 0 Å². The molecule has 0 spiro atoms. The molecule has 0 aliphatic rings. The molecule has 0 aliphatic carbocycles. The summed E-state index contributed by atoms with van der Waals surface area (Å²) >= 11 is 0. The van der Waals surface area contributed by atoms with E-state index in [0.717, 1.165) is 36.1 Å². The summed E-state index contributed by atoms with van der Waals surface area (Å²) in [6.45, 7) is 6.68.